The van der Waals surface area contributed by atoms with Gasteiger partial charge in [0.05, 0.1) is 13.0 Å². The number of methoxy groups -OCH3 is 1. The second kappa shape index (κ2) is 11.1. The zero-order valence-corrected chi connectivity index (χ0v) is 16.1. The molecule has 2 aromatic rings. The van der Waals surface area contributed by atoms with Crippen LogP contribution >= 0.6 is 11.6 Å². The molecule has 0 unspecified atom stereocenters. The van der Waals surface area contributed by atoms with E-state index in [1.807, 2.05) is 30.3 Å². The predicted molar refractivity (Wildman–Crippen MR) is 99.0 cm³/mol. The highest BCUT2D eigenvalue weighted by Gasteiger charge is 2.11. The van der Waals surface area contributed by atoms with Crippen LogP contribution in [0.15, 0.2) is 30.3 Å². The van der Waals surface area contributed by atoms with Crippen LogP contribution in [0.25, 0.3) is 0 Å². The van der Waals surface area contributed by atoms with Gasteiger partial charge < -0.3 is 9.47 Å². The van der Waals surface area contributed by atoms with Gasteiger partial charge in [-0.05, 0) is 19.1 Å². The number of ether oxygens (including phenoxy) is 2. The van der Waals surface area contributed by atoms with E-state index in [4.69, 9.17) is 21.1 Å². The van der Waals surface area contributed by atoms with Crippen molar-refractivity contribution in [1.82, 2.24) is 19.7 Å². The number of benzene rings is 1. The molecule has 1 heterocycles. The van der Waals surface area contributed by atoms with E-state index in [0.29, 0.717) is 18.3 Å². The molecule has 0 radical (unpaired) electrons. The molecule has 1 aromatic heterocycles. The van der Waals surface area contributed by atoms with Gasteiger partial charge in [-0.2, -0.15) is 23.4 Å². The predicted octanol–water partition coefficient (Wildman–Crippen LogP) is 0.818. The topological polar surface area (TPSA) is 158 Å². The fourth-order valence-corrected chi connectivity index (χ4v) is 1.92. The fraction of sp³-hybridized carbons (Fsp3) is 0.286. The molecule has 0 aliphatic carbocycles. The van der Waals surface area contributed by atoms with Crippen LogP contribution in [0.5, 0.6) is 11.8 Å². The number of carbonyl (C=O) groups is 1. The maximum absolute atomic E-state index is 11.1. The monoisotopic (exact) mass is 418 g/mol. The number of alkyl halides is 1. The molecule has 13 heteroatoms. The van der Waals surface area contributed by atoms with Crippen LogP contribution in [0.4, 0.5) is 10.7 Å². The largest absolute Gasteiger partial charge is 0.492 e. The van der Waals surface area contributed by atoms with Gasteiger partial charge in [-0.3, -0.25) is 5.32 Å². The molecule has 4 N–H and O–H groups in total. The number of anilines is 1. The number of nitrogens with zero attached hydrogens (tertiary/aromatic N) is 3. The molecule has 0 saturated heterocycles. The normalized spacial score (nSPS) is 10.2. The lowest BCUT2D eigenvalue weighted by atomic mass is 10.3. The van der Waals surface area contributed by atoms with E-state index < -0.39 is 16.2 Å². The summed E-state index contributed by atoms with van der Waals surface area (Å²) in [4.78, 5) is 22.3. The molecule has 2 rings (SSSR count). The minimum atomic E-state index is -4.13. The Hall–Kier alpha value is -2.70. The number of amides is 2. The van der Waals surface area contributed by atoms with E-state index >= 15 is 0 Å². The summed E-state index contributed by atoms with van der Waals surface area (Å²) in [6, 6.07) is 8.54. The van der Waals surface area contributed by atoms with Crippen molar-refractivity contribution < 1.29 is 22.7 Å². The average Bonchev–Trinajstić information content (AvgIpc) is 2.59. The van der Waals surface area contributed by atoms with Crippen molar-refractivity contribution in [3.63, 3.8) is 0 Å². The number of halogens is 1. The summed E-state index contributed by atoms with van der Waals surface area (Å²) >= 11 is 5.43. The molecule has 148 valence electrons. The van der Waals surface area contributed by atoms with E-state index in [-0.39, 0.29) is 12.0 Å². The number of nitrogens with two attached hydrogens (primary N) is 1. The molecule has 27 heavy (non-hydrogen) atoms. The van der Waals surface area contributed by atoms with Gasteiger partial charge in [0.1, 0.15) is 18.2 Å². The summed E-state index contributed by atoms with van der Waals surface area (Å²) in [5.74, 6) is 1.55. The second-order valence-electron chi connectivity index (χ2n) is 4.64. The Balaban J connectivity index is 0.000000309. The Morgan fingerprint density at radius 1 is 1.22 bits per heavy atom. The summed E-state index contributed by atoms with van der Waals surface area (Å²) in [5.41, 5.74) is 0. The molecule has 0 saturated carbocycles. The van der Waals surface area contributed by atoms with E-state index in [1.165, 1.54) is 11.8 Å². The maximum atomic E-state index is 11.1. The summed E-state index contributed by atoms with van der Waals surface area (Å²) in [6.07, 6.45) is 0. The van der Waals surface area contributed by atoms with Crippen LogP contribution in [0.1, 0.15) is 5.82 Å². The minimum absolute atomic E-state index is 0.0107. The first-order chi connectivity index (χ1) is 12.7. The zero-order chi connectivity index (χ0) is 20.3. The smallest absolute Gasteiger partial charge is 0.336 e. The van der Waals surface area contributed by atoms with Crippen molar-refractivity contribution in [3.8, 4) is 11.8 Å². The molecule has 11 nitrogen and oxygen atoms in total. The van der Waals surface area contributed by atoms with Crippen molar-refractivity contribution in [2.45, 2.75) is 6.92 Å². The number of nitrogens with one attached hydrogen (secondary N) is 2. The lowest BCUT2D eigenvalue weighted by Crippen LogP contribution is -2.39. The molecule has 0 bridgehead atoms. The Labute approximate surface area is 161 Å². The van der Waals surface area contributed by atoms with Gasteiger partial charge in [0.2, 0.25) is 5.95 Å². The van der Waals surface area contributed by atoms with Crippen LogP contribution in [0, 0.1) is 6.92 Å². The number of hydrogen-bond acceptors (Lipinski definition) is 8. The number of para-hydroxylation sites is 1. The van der Waals surface area contributed by atoms with E-state index in [9.17, 15) is 13.2 Å². The van der Waals surface area contributed by atoms with E-state index in [0.717, 1.165) is 5.75 Å². The molecule has 0 atom stereocenters. The SMILES string of the molecule is COc1nc(C)nc(NC(=O)NS(N)(=O)=O)n1.ClCCOc1ccccc1. The number of hydrogen-bond donors (Lipinski definition) is 3. The van der Waals surface area contributed by atoms with Crippen LogP contribution < -0.4 is 24.7 Å². The second-order valence-corrected chi connectivity index (χ2v) is 6.32. The van der Waals surface area contributed by atoms with Crippen LogP contribution in [-0.4, -0.2) is 49.0 Å². The minimum Gasteiger partial charge on any atom is -0.492 e. The third-order valence-corrected chi connectivity index (χ3v) is 3.08. The summed E-state index contributed by atoms with van der Waals surface area (Å²) < 4.78 is 32.5. The Bertz CT molecular complexity index is 837. The van der Waals surface area contributed by atoms with E-state index in [2.05, 4.69) is 25.4 Å². The first kappa shape index (κ1) is 22.3. The van der Waals surface area contributed by atoms with Gasteiger partial charge in [0, 0.05) is 0 Å². The highest BCUT2D eigenvalue weighted by atomic mass is 35.5. The summed E-state index contributed by atoms with van der Waals surface area (Å²) in [5, 5.41) is 6.66. The van der Waals surface area contributed by atoms with Crippen molar-refractivity contribution >= 4 is 33.8 Å². The highest BCUT2D eigenvalue weighted by molar-refractivity contribution is 7.87. The molecule has 0 fully saturated rings. The lowest BCUT2D eigenvalue weighted by Gasteiger charge is -2.05. The van der Waals surface area contributed by atoms with Crippen LogP contribution in [0.2, 0.25) is 0 Å². The first-order valence-electron chi connectivity index (χ1n) is 7.35. The molecule has 0 aliphatic rings. The van der Waals surface area contributed by atoms with Gasteiger partial charge in [-0.15, -0.1) is 11.6 Å². The van der Waals surface area contributed by atoms with Crippen molar-refractivity contribution in [3.05, 3.63) is 36.2 Å². The fourth-order valence-electron chi connectivity index (χ4n) is 1.53. The van der Waals surface area contributed by atoms with Gasteiger partial charge in [-0.1, -0.05) is 18.2 Å². The first-order valence-corrected chi connectivity index (χ1v) is 9.43. The third-order valence-electron chi connectivity index (χ3n) is 2.46. The van der Waals surface area contributed by atoms with Gasteiger partial charge in [0.25, 0.3) is 10.2 Å². The standard InChI is InChI=1S/C8H9ClO.C6H10N6O4S/c9-6-7-10-8-4-2-1-3-5-8;1-3-8-4(11-6(9-3)16-2)10-5(13)12-17(7,14)15/h1-5H,6-7H2;1-2H3,(H2,7,14,15)(H2,8,9,10,11,12,13). The third kappa shape index (κ3) is 10.1. The maximum Gasteiger partial charge on any atom is 0.336 e. The Morgan fingerprint density at radius 3 is 2.44 bits per heavy atom. The number of rotatable bonds is 6. The van der Waals surface area contributed by atoms with Crippen molar-refractivity contribution in [2.75, 3.05) is 24.9 Å². The molecule has 2 amide bonds. The average molecular weight is 419 g/mol. The zero-order valence-electron chi connectivity index (χ0n) is 14.5. The Morgan fingerprint density at radius 2 is 1.89 bits per heavy atom. The van der Waals surface area contributed by atoms with Crippen molar-refractivity contribution in [1.29, 1.82) is 0 Å². The number of urea groups is 1. The molecule has 0 aliphatic heterocycles. The molecule has 1 aromatic carbocycles. The van der Waals surface area contributed by atoms with Crippen molar-refractivity contribution in [2.24, 2.45) is 5.14 Å². The number of aryl methyl sites for hydroxylation is 1. The summed E-state index contributed by atoms with van der Waals surface area (Å²) in [7, 11) is -2.80. The Kier molecular flexibility index (Phi) is 9.19. The van der Waals surface area contributed by atoms with E-state index in [1.54, 1.807) is 6.92 Å². The van der Waals surface area contributed by atoms with Crippen LogP contribution in [0.3, 0.4) is 0 Å². The quantitative estimate of drug-likeness (QED) is 0.581. The van der Waals surface area contributed by atoms with Crippen LogP contribution in [-0.2, 0) is 10.2 Å². The molecule has 0 spiro atoms. The van der Waals surface area contributed by atoms with Gasteiger partial charge in [-0.25, -0.2) is 14.7 Å². The molecular weight excluding hydrogens is 400 g/mol. The number of aromatic nitrogens is 3. The lowest BCUT2D eigenvalue weighted by molar-refractivity contribution is 0.256. The van der Waals surface area contributed by atoms with Gasteiger partial charge >= 0.3 is 12.0 Å². The summed E-state index contributed by atoms with van der Waals surface area (Å²) in [6.45, 7) is 2.12. The molecular formula is C14H19ClN6O5S. The number of carbonyl (C=O) groups excluding carboxylic acids is 1. The highest BCUT2D eigenvalue weighted by Crippen LogP contribution is 2.07. The van der Waals surface area contributed by atoms with Gasteiger partial charge in [0.15, 0.2) is 0 Å².